The van der Waals surface area contributed by atoms with Gasteiger partial charge in [0.1, 0.15) is 0 Å². The number of likely N-dealkylation sites (N-methyl/N-ethyl adjacent to an activating group) is 1. The number of hydrogen-bond acceptors (Lipinski definition) is 2. The van der Waals surface area contributed by atoms with Crippen LogP contribution in [0.4, 0.5) is 5.69 Å². The molecule has 0 unspecified atom stereocenters. The summed E-state index contributed by atoms with van der Waals surface area (Å²) in [7, 11) is 0. The van der Waals surface area contributed by atoms with Crippen molar-refractivity contribution in [3.63, 3.8) is 0 Å². The lowest BCUT2D eigenvalue weighted by molar-refractivity contribution is 0.268. The Balaban J connectivity index is 0.000000980. The normalized spacial score (nSPS) is 15.8. The molecule has 0 atom stereocenters. The van der Waals surface area contributed by atoms with Crippen LogP contribution in [0.5, 0.6) is 0 Å². The lowest BCUT2D eigenvalue weighted by Gasteiger charge is -2.27. The second kappa shape index (κ2) is 4.67. The average molecular weight is 213 g/mol. The molecule has 0 bridgehead atoms. The molecule has 78 valence electrons. The number of fused-ring (bicyclic) bond motifs is 1. The summed E-state index contributed by atoms with van der Waals surface area (Å²) in [5.74, 6) is 0. The minimum atomic E-state index is 0. The summed E-state index contributed by atoms with van der Waals surface area (Å²) in [6.07, 6.45) is 1.17. The number of anilines is 1. The third kappa shape index (κ3) is 2.20. The molecule has 0 amide bonds. The number of rotatable bonds is 1. The van der Waals surface area contributed by atoms with E-state index in [2.05, 4.69) is 24.0 Å². The van der Waals surface area contributed by atoms with Gasteiger partial charge in [0.25, 0.3) is 0 Å². The summed E-state index contributed by atoms with van der Waals surface area (Å²) >= 11 is 0. The number of benzene rings is 1. The quantitative estimate of drug-likeness (QED) is 0.723. The largest absolute Gasteiger partial charge is 0.399 e. The maximum absolute atomic E-state index is 5.75. The zero-order valence-corrected chi connectivity index (χ0v) is 9.31. The highest BCUT2D eigenvalue weighted by Gasteiger charge is 2.14. The van der Waals surface area contributed by atoms with E-state index >= 15 is 0 Å². The Hall–Kier alpha value is -0.730. The Bertz CT molecular complexity index is 312. The van der Waals surface area contributed by atoms with Gasteiger partial charge in [-0.3, -0.25) is 4.90 Å². The van der Waals surface area contributed by atoms with Gasteiger partial charge in [-0.25, -0.2) is 0 Å². The van der Waals surface area contributed by atoms with Crippen molar-refractivity contribution in [1.29, 1.82) is 0 Å². The van der Waals surface area contributed by atoms with E-state index in [9.17, 15) is 0 Å². The molecule has 2 N–H and O–H groups in total. The van der Waals surface area contributed by atoms with Crippen molar-refractivity contribution >= 4 is 18.1 Å². The van der Waals surface area contributed by atoms with Crippen molar-refractivity contribution in [3.8, 4) is 0 Å². The van der Waals surface area contributed by atoms with Crippen molar-refractivity contribution in [2.24, 2.45) is 0 Å². The Labute approximate surface area is 91.5 Å². The average Bonchev–Trinajstić information content (AvgIpc) is 2.16. The number of nitrogens with two attached hydrogens (primary N) is 1. The Morgan fingerprint density at radius 3 is 2.86 bits per heavy atom. The number of nitrogens with zero attached hydrogens (tertiary/aromatic N) is 1. The van der Waals surface area contributed by atoms with Crippen LogP contribution in [0.25, 0.3) is 0 Å². The SMILES string of the molecule is CCN1CCc2ccc(N)cc2C1.Cl. The van der Waals surface area contributed by atoms with E-state index in [1.165, 1.54) is 24.1 Å². The summed E-state index contributed by atoms with van der Waals surface area (Å²) in [6, 6.07) is 6.27. The minimum absolute atomic E-state index is 0. The van der Waals surface area contributed by atoms with Crippen molar-refractivity contribution in [1.82, 2.24) is 4.90 Å². The second-order valence-electron chi connectivity index (χ2n) is 3.65. The van der Waals surface area contributed by atoms with Gasteiger partial charge in [0, 0.05) is 18.8 Å². The predicted molar refractivity (Wildman–Crippen MR) is 62.8 cm³/mol. The van der Waals surface area contributed by atoms with Crippen molar-refractivity contribution in [2.75, 3.05) is 18.8 Å². The maximum atomic E-state index is 5.75. The molecule has 1 heterocycles. The first-order chi connectivity index (χ1) is 6.29. The monoisotopic (exact) mass is 212 g/mol. The maximum Gasteiger partial charge on any atom is 0.0317 e. The molecule has 0 fully saturated rings. The summed E-state index contributed by atoms with van der Waals surface area (Å²) in [5.41, 5.74) is 9.52. The summed E-state index contributed by atoms with van der Waals surface area (Å²) in [6.45, 7) is 5.59. The fraction of sp³-hybridized carbons (Fsp3) is 0.455. The van der Waals surface area contributed by atoms with Crippen molar-refractivity contribution in [2.45, 2.75) is 19.9 Å². The molecular weight excluding hydrogens is 196 g/mol. The van der Waals surface area contributed by atoms with E-state index in [0.717, 1.165) is 18.8 Å². The van der Waals surface area contributed by atoms with Gasteiger partial charge in [-0.15, -0.1) is 12.4 Å². The van der Waals surface area contributed by atoms with E-state index < -0.39 is 0 Å². The highest BCUT2D eigenvalue weighted by atomic mass is 35.5. The van der Waals surface area contributed by atoms with Crippen LogP contribution in [0.15, 0.2) is 18.2 Å². The highest BCUT2D eigenvalue weighted by molar-refractivity contribution is 5.85. The fourth-order valence-corrected chi connectivity index (χ4v) is 1.91. The zero-order chi connectivity index (χ0) is 9.26. The molecule has 1 aliphatic rings. The zero-order valence-electron chi connectivity index (χ0n) is 8.49. The molecule has 1 aromatic rings. The topological polar surface area (TPSA) is 29.3 Å². The molecule has 0 saturated heterocycles. The molecule has 0 aliphatic carbocycles. The molecule has 2 nitrogen and oxygen atoms in total. The van der Waals surface area contributed by atoms with Gasteiger partial charge < -0.3 is 5.73 Å². The molecular formula is C11H17ClN2. The summed E-state index contributed by atoms with van der Waals surface area (Å²) < 4.78 is 0. The molecule has 0 aromatic heterocycles. The van der Waals surface area contributed by atoms with Crippen LogP contribution in [0.1, 0.15) is 18.1 Å². The first-order valence-electron chi connectivity index (χ1n) is 4.89. The lowest BCUT2D eigenvalue weighted by atomic mass is 9.99. The van der Waals surface area contributed by atoms with Gasteiger partial charge in [-0.1, -0.05) is 13.0 Å². The molecule has 1 aromatic carbocycles. The number of nitrogen functional groups attached to an aromatic ring is 1. The third-order valence-corrected chi connectivity index (χ3v) is 2.77. The van der Waals surface area contributed by atoms with Gasteiger partial charge in [0.15, 0.2) is 0 Å². The molecule has 14 heavy (non-hydrogen) atoms. The van der Waals surface area contributed by atoms with E-state index in [1.54, 1.807) is 0 Å². The predicted octanol–water partition coefficient (Wildman–Crippen LogP) is 2.07. The number of halogens is 1. The van der Waals surface area contributed by atoms with Gasteiger partial charge in [0.05, 0.1) is 0 Å². The van der Waals surface area contributed by atoms with Crippen LogP contribution in [0, 0.1) is 0 Å². The standard InChI is InChI=1S/C11H16N2.ClH/c1-2-13-6-5-9-3-4-11(12)7-10(9)8-13;/h3-4,7H,2,5-6,8,12H2,1H3;1H. The molecule has 0 saturated carbocycles. The Morgan fingerprint density at radius 2 is 2.14 bits per heavy atom. The van der Waals surface area contributed by atoms with Crippen LogP contribution < -0.4 is 5.73 Å². The van der Waals surface area contributed by atoms with Gasteiger partial charge in [-0.05, 0) is 36.2 Å². The minimum Gasteiger partial charge on any atom is -0.399 e. The van der Waals surface area contributed by atoms with E-state index in [4.69, 9.17) is 5.73 Å². The number of hydrogen-bond donors (Lipinski definition) is 1. The molecule has 3 heteroatoms. The van der Waals surface area contributed by atoms with Gasteiger partial charge in [-0.2, -0.15) is 0 Å². The van der Waals surface area contributed by atoms with Crippen LogP contribution in [0.3, 0.4) is 0 Å². The van der Waals surface area contributed by atoms with Crippen LogP contribution in [-0.2, 0) is 13.0 Å². The Morgan fingerprint density at radius 1 is 1.36 bits per heavy atom. The van der Waals surface area contributed by atoms with Gasteiger partial charge >= 0.3 is 0 Å². The lowest BCUT2D eigenvalue weighted by Crippen LogP contribution is -2.30. The van der Waals surface area contributed by atoms with E-state index in [-0.39, 0.29) is 12.4 Å². The van der Waals surface area contributed by atoms with E-state index in [1.807, 2.05) is 6.07 Å². The first-order valence-corrected chi connectivity index (χ1v) is 4.89. The smallest absolute Gasteiger partial charge is 0.0317 e. The first kappa shape index (κ1) is 11.3. The molecule has 0 spiro atoms. The molecule has 1 aliphatic heterocycles. The fourth-order valence-electron chi connectivity index (χ4n) is 1.91. The summed E-state index contributed by atoms with van der Waals surface area (Å²) in [5, 5.41) is 0. The van der Waals surface area contributed by atoms with Gasteiger partial charge in [0.2, 0.25) is 0 Å². The van der Waals surface area contributed by atoms with Crippen LogP contribution >= 0.6 is 12.4 Å². The Kier molecular flexibility index (Phi) is 3.78. The van der Waals surface area contributed by atoms with Crippen molar-refractivity contribution in [3.05, 3.63) is 29.3 Å². The molecule has 2 rings (SSSR count). The third-order valence-electron chi connectivity index (χ3n) is 2.77. The van der Waals surface area contributed by atoms with Crippen molar-refractivity contribution < 1.29 is 0 Å². The van der Waals surface area contributed by atoms with E-state index in [0.29, 0.717) is 0 Å². The summed E-state index contributed by atoms with van der Waals surface area (Å²) in [4.78, 5) is 2.45. The molecule has 0 radical (unpaired) electrons. The second-order valence-corrected chi connectivity index (χ2v) is 3.65. The highest BCUT2D eigenvalue weighted by Crippen LogP contribution is 2.20. The van der Waals surface area contributed by atoms with Crippen LogP contribution in [0.2, 0.25) is 0 Å². The van der Waals surface area contributed by atoms with Crippen LogP contribution in [-0.4, -0.2) is 18.0 Å².